The Labute approximate surface area is 93.9 Å². The summed E-state index contributed by atoms with van der Waals surface area (Å²) in [6, 6.07) is 5.02. The number of aromatic nitrogens is 2. The van der Waals surface area contributed by atoms with E-state index in [4.69, 9.17) is 0 Å². The standard InChI is InChI=1S/C12H14FN3/c1-9-3-4-11(13)12(5-9)14-6-10-7-15-16(2)8-10/h3-5,7-8,14H,6H2,1-2H3. The maximum Gasteiger partial charge on any atom is 0.146 e. The molecule has 0 saturated carbocycles. The van der Waals surface area contributed by atoms with Gasteiger partial charge in [-0.25, -0.2) is 4.39 Å². The number of benzene rings is 1. The van der Waals surface area contributed by atoms with Gasteiger partial charge in [0.2, 0.25) is 0 Å². The lowest BCUT2D eigenvalue weighted by atomic mass is 10.2. The molecule has 0 spiro atoms. The molecule has 0 aliphatic rings. The molecule has 0 atom stereocenters. The predicted molar refractivity (Wildman–Crippen MR) is 61.7 cm³/mol. The third-order valence-electron chi connectivity index (χ3n) is 2.36. The van der Waals surface area contributed by atoms with E-state index in [0.717, 1.165) is 11.1 Å². The van der Waals surface area contributed by atoms with Crippen molar-refractivity contribution in [3.63, 3.8) is 0 Å². The summed E-state index contributed by atoms with van der Waals surface area (Å²) in [4.78, 5) is 0. The van der Waals surface area contributed by atoms with Gasteiger partial charge in [0, 0.05) is 25.4 Å². The first-order valence-corrected chi connectivity index (χ1v) is 5.13. The van der Waals surface area contributed by atoms with Gasteiger partial charge in [0.1, 0.15) is 5.82 Å². The molecule has 0 aliphatic carbocycles. The highest BCUT2D eigenvalue weighted by atomic mass is 19.1. The molecule has 0 fully saturated rings. The van der Waals surface area contributed by atoms with Gasteiger partial charge in [0.25, 0.3) is 0 Å². The van der Waals surface area contributed by atoms with Gasteiger partial charge in [-0.15, -0.1) is 0 Å². The van der Waals surface area contributed by atoms with E-state index in [-0.39, 0.29) is 5.82 Å². The first kappa shape index (κ1) is 10.7. The van der Waals surface area contributed by atoms with Crippen LogP contribution in [0.25, 0.3) is 0 Å². The van der Waals surface area contributed by atoms with Gasteiger partial charge >= 0.3 is 0 Å². The van der Waals surface area contributed by atoms with Crippen LogP contribution in [0.5, 0.6) is 0 Å². The van der Waals surface area contributed by atoms with Gasteiger partial charge in [-0.2, -0.15) is 5.10 Å². The molecule has 0 saturated heterocycles. The normalized spacial score (nSPS) is 10.4. The Kier molecular flexibility index (Phi) is 2.90. The Morgan fingerprint density at radius 3 is 2.94 bits per heavy atom. The maximum absolute atomic E-state index is 13.4. The Balaban J connectivity index is 2.07. The Morgan fingerprint density at radius 2 is 2.25 bits per heavy atom. The number of rotatable bonds is 3. The molecule has 1 aromatic heterocycles. The summed E-state index contributed by atoms with van der Waals surface area (Å²) < 4.78 is 15.1. The highest BCUT2D eigenvalue weighted by molar-refractivity contribution is 5.47. The molecule has 0 radical (unpaired) electrons. The minimum Gasteiger partial charge on any atom is -0.378 e. The quantitative estimate of drug-likeness (QED) is 0.859. The summed E-state index contributed by atoms with van der Waals surface area (Å²) in [6.45, 7) is 2.52. The Morgan fingerprint density at radius 1 is 1.44 bits per heavy atom. The van der Waals surface area contributed by atoms with E-state index in [0.29, 0.717) is 12.2 Å². The van der Waals surface area contributed by atoms with Crippen LogP contribution >= 0.6 is 0 Å². The molecule has 0 amide bonds. The SMILES string of the molecule is Cc1ccc(F)c(NCc2cnn(C)c2)c1. The third-order valence-corrected chi connectivity index (χ3v) is 2.36. The van der Waals surface area contributed by atoms with Gasteiger partial charge < -0.3 is 5.32 Å². The molecule has 0 unspecified atom stereocenters. The van der Waals surface area contributed by atoms with Crippen molar-refractivity contribution in [2.45, 2.75) is 13.5 Å². The third kappa shape index (κ3) is 2.39. The lowest BCUT2D eigenvalue weighted by Gasteiger charge is -2.06. The van der Waals surface area contributed by atoms with Crippen LogP contribution in [0.2, 0.25) is 0 Å². The molecular formula is C12H14FN3. The van der Waals surface area contributed by atoms with Gasteiger partial charge in [-0.3, -0.25) is 4.68 Å². The zero-order valence-corrected chi connectivity index (χ0v) is 9.37. The fraction of sp³-hybridized carbons (Fsp3) is 0.250. The average Bonchev–Trinajstić information content (AvgIpc) is 2.66. The van der Waals surface area contributed by atoms with E-state index in [1.807, 2.05) is 20.2 Å². The summed E-state index contributed by atoms with van der Waals surface area (Å²) in [5, 5.41) is 7.11. The van der Waals surface area contributed by atoms with Crippen LogP contribution in [0.1, 0.15) is 11.1 Å². The van der Waals surface area contributed by atoms with Crippen LogP contribution in [-0.2, 0) is 13.6 Å². The van der Waals surface area contributed by atoms with Crippen molar-refractivity contribution in [2.24, 2.45) is 7.05 Å². The minimum absolute atomic E-state index is 0.227. The van der Waals surface area contributed by atoms with Crippen LogP contribution in [0.15, 0.2) is 30.6 Å². The van der Waals surface area contributed by atoms with E-state index in [9.17, 15) is 4.39 Å². The predicted octanol–water partition coefficient (Wildman–Crippen LogP) is 2.48. The number of nitrogens with one attached hydrogen (secondary N) is 1. The smallest absolute Gasteiger partial charge is 0.146 e. The molecule has 2 aromatic rings. The lowest BCUT2D eigenvalue weighted by molar-refractivity contribution is 0.629. The molecule has 0 aliphatic heterocycles. The van der Waals surface area contributed by atoms with Gasteiger partial charge in [0.05, 0.1) is 11.9 Å². The molecule has 2 rings (SSSR count). The summed E-state index contributed by atoms with van der Waals surface area (Å²) in [7, 11) is 1.86. The summed E-state index contributed by atoms with van der Waals surface area (Å²) in [5.41, 5.74) is 2.60. The van der Waals surface area contributed by atoms with Gasteiger partial charge in [-0.1, -0.05) is 6.07 Å². The number of hydrogen-bond acceptors (Lipinski definition) is 2. The number of nitrogens with zero attached hydrogens (tertiary/aromatic N) is 2. The van der Waals surface area contributed by atoms with Crippen molar-refractivity contribution in [1.82, 2.24) is 9.78 Å². The molecule has 3 nitrogen and oxygen atoms in total. The number of hydrogen-bond donors (Lipinski definition) is 1. The molecule has 1 N–H and O–H groups in total. The second-order valence-electron chi connectivity index (χ2n) is 3.86. The molecule has 0 bridgehead atoms. The van der Waals surface area contributed by atoms with Crippen molar-refractivity contribution < 1.29 is 4.39 Å². The van der Waals surface area contributed by atoms with Crippen LogP contribution in [0.4, 0.5) is 10.1 Å². The lowest BCUT2D eigenvalue weighted by Crippen LogP contribution is -2.01. The molecular weight excluding hydrogens is 205 g/mol. The second kappa shape index (κ2) is 4.35. The summed E-state index contributed by atoms with van der Waals surface area (Å²) >= 11 is 0. The van der Waals surface area contributed by atoms with E-state index in [1.54, 1.807) is 23.0 Å². The van der Waals surface area contributed by atoms with Crippen molar-refractivity contribution in [1.29, 1.82) is 0 Å². The van der Waals surface area contributed by atoms with Crippen molar-refractivity contribution in [3.8, 4) is 0 Å². The van der Waals surface area contributed by atoms with Crippen LogP contribution in [-0.4, -0.2) is 9.78 Å². The zero-order chi connectivity index (χ0) is 11.5. The van der Waals surface area contributed by atoms with Crippen LogP contribution in [0, 0.1) is 12.7 Å². The molecule has 1 aromatic carbocycles. The van der Waals surface area contributed by atoms with Crippen LogP contribution < -0.4 is 5.32 Å². The largest absolute Gasteiger partial charge is 0.378 e. The molecule has 1 heterocycles. The van der Waals surface area contributed by atoms with E-state index >= 15 is 0 Å². The number of anilines is 1. The van der Waals surface area contributed by atoms with Gasteiger partial charge in [-0.05, 0) is 24.6 Å². The average molecular weight is 219 g/mol. The van der Waals surface area contributed by atoms with E-state index in [2.05, 4.69) is 10.4 Å². The van der Waals surface area contributed by atoms with Crippen LogP contribution in [0.3, 0.4) is 0 Å². The monoisotopic (exact) mass is 219 g/mol. The molecule has 16 heavy (non-hydrogen) atoms. The first-order chi connectivity index (χ1) is 7.65. The van der Waals surface area contributed by atoms with Crippen molar-refractivity contribution >= 4 is 5.69 Å². The van der Waals surface area contributed by atoms with Gasteiger partial charge in [0.15, 0.2) is 0 Å². The fourth-order valence-corrected chi connectivity index (χ4v) is 1.54. The maximum atomic E-state index is 13.4. The minimum atomic E-state index is -0.227. The first-order valence-electron chi connectivity index (χ1n) is 5.13. The fourth-order valence-electron chi connectivity index (χ4n) is 1.54. The second-order valence-corrected chi connectivity index (χ2v) is 3.86. The number of halogens is 1. The Bertz CT molecular complexity index is 491. The van der Waals surface area contributed by atoms with Crippen molar-refractivity contribution in [2.75, 3.05) is 5.32 Å². The highest BCUT2D eigenvalue weighted by Crippen LogP contribution is 2.16. The van der Waals surface area contributed by atoms with E-state index < -0.39 is 0 Å². The summed E-state index contributed by atoms with van der Waals surface area (Å²) in [5.74, 6) is -0.227. The highest BCUT2D eigenvalue weighted by Gasteiger charge is 2.02. The molecule has 4 heteroatoms. The zero-order valence-electron chi connectivity index (χ0n) is 9.37. The molecule has 84 valence electrons. The summed E-state index contributed by atoms with van der Waals surface area (Å²) in [6.07, 6.45) is 3.67. The Hall–Kier alpha value is -1.84. The van der Waals surface area contributed by atoms with Crippen molar-refractivity contribution in [3.05, 3.63) is 47.5 Å². The topological polar surface area (TPSA) is 29.9 Å². The number of aryl methyl sites for hydroxylation is 2. The van der Waals surface area contributed by atoms with E-state index in [1.165, 1.54) is 6.07 Å².